The van der Waals surface area contributed by atoms with Crippen LogP contribution in [0.25, 0.3) is 0 Å². The minimum absolute atomic E-state index is 0.386. The Morgan fingerprint density at radius 2 is 2.33 bits per heavy atom. The van der Waals surface area contributed by atoms with Gasteiger partial charge in [0.15, 0.2) is 0 Å². The van der Waals surface area contributed by atoms with E-state index in [4.69, 9.17) is 0 Å². The number of benzene rings is 1. The van der Waals surface area contributed by atoms with E-state index in [2.05, 4.69) is 15.9 Å². The van der Waals surface area contributed by atoms with Crippen molar-refractivity contribution in [3.8, 4) is 0 Å². The average Bonchev–Trinajstić information content (AvgIpc) is 2.71. The molecule has 1 aromatic rings. The van der Waals surface area contributed by atoms with Gasteiger partial charge in [0.25, 0.3) is 0 Å². The van der Waals surface area contributed by atoms with Gasteiger partial charge in [0, 0.05) is 10.4 Å². The standard InChI is InChI=1S/C12H15BrOS/c1-12(14,10-5-6-15-8-10)9-3-2-4-11(13)7-9/h2-4,7,10,14H,5-6,8H2,1H3. The maximum Gasteiger partial charge on any atom is 0.0905 e. The van der Waals surface area contributed by atoms with Crippen LogP contribution >= 0.6 is 27.7 Å². The van der Waals surface area contributed by atoms with Gasteiger partial charge in [-0.25, -0.2) is 0 Å². The summed E-state index contributed by atoms with van der Waals surface area (Å²) >= 11 is 5.38. The third-order valence-corrected chi connectivity index (χ3v) is 4.79. The van der Waals surface area contributed by atoms with Crippen LogP contribution in [0.3, 0.4) is 0 Å². The topological polar surface area (TPSA) is 20.2 Å². The van der Waals surface area contributed by atoms with Gasteiger partial charge in [-0.1, -0.05) is 28.1 Å². The summed E-state index contributed by atoms with van der Waals surface area (Å²) in [6.07, 6.45) is 1.12. The maximum atomic E-state index is 10.6. The third-order valence-electron chi connectivity index (χ3n) is 3.13. The molecule has 0 aliphatic carbocycles. The van der Waals surface area contributed by atoms with Crippen LogP contribution in [0.5, 0.6) is 0 Å². The average molecular weight is 287 g/mol. The zero-order valence-electron chi connectivity index (χ0n) is 8.74. The van der Waals surface area contributed by atoms with E-state index in [1.165, 1.54) is 5.75 Å². The van der Waals surface area contributed by atoms with Crippen molar-refractivity contribution >= 4 is 27.7 Å². The normalized spacial score (nSPS) is 25.1. The zero-order valence-corrected chi connectivity index (χ0v) is 11.1. The fraction of sp³-hybridized carbons (Fsp3) is 0.500. The van der Waals surface area contributed by atoms with Crippen molar-refractivity contribution in [1.82, 2.24) is 0 Å². The first kappa shape index (κ1) is 11.5. The molecule has 2 unspecified atom stereocenters. The largest absolute Gasteiger partial charge is 0.385 e. The first-order valence-corrected chi connectivity index (χ1v) is 7.11. The van der Waals surface area contributed by atoms with Gasteiger partial charge >= 0.3 is 0 Å². The van der Waals surface area contributed by atoms with Gasteiger partial charge in [-0.05, 0) is 42.5 Å². The van der Waals surface area contributed by atoms with E-state index in [-0.39, 0.29) is 0 Å². The van der Waals surface area contributed by atoms with Gasteiger partial charge in [0.1, 0.15) is 0 Å². The predicted molar refractivity (Wildman–Crippen MR) is 69.1 cm³/mol. The summed E-state index contributed by atoms with van der Waals surface area (Å²) in [6.45, 7) is 1.94. The van der Waals surface area contributed by atoms with Crippen LogP contribution in [0.2, 0.25) is 0 Å². The second-order valence-electron chi connectivity index (χ2n) is 4.22. The van der Waals surface area contributed by atoms with Crippen LogP contribution in [-0.2, 0) is 5.60 Å². The van der Waals surface area contributed by atoms with Gasteiger partial charge in [-0.3, -0.25) is 0 Å². The number of thioether (sulfide) groups is 1. The molecule has 15 heavy (non-hydrogen) atoms. The van der Waals surface area contributed by atoms with Gasteiger partial charge in [-0.15, -0.1) is 0 Å². The number of halogens is 1. The van der Waals surface area contributed by atoms with Gasteiger partial charge in [-0.2, -0.15) is 11.8 Å². The van der Waals surface area contributed by atoms with E-state index in [9.17, 15) is 5.11 Å². The molecule has 1 heterocycles. The minimum atomic E-state index is -0.687. The lowest BCUT2D eigenvalue weighted by Crippen LogP contribution is -2.31. The van der Waals surface area contributed by atoms with Crippen LogP contribution in [-0.4, -0.2) is 16.6 Å². The molecule has 0 amide bonds. The highest BCUT2D eigenvalue weighted by atomic mass is 79.9. The molecule has 1 aliphatic heterocycles. The lowest BCUT2D eigenvalue weighted by atomic mass is 9.83. The Morgan fingerprint density at radius 3 is 2.93 bits per heavy atom. The maximum absolute atomic E-state index is 10.6. The van der Waals surface area contributed by atoms with Crippen LogP contribution in [0.4, 0.5) is 0 Å². The smallest absolute Gasteiger partial charge is 0.0905 e. The molecule has 2 rings (SSSR count). The van der Waals surface area contributed by atoms with Gasteiger partial charge in [0.05, 0.1) is 5.60 Å². The Hall–Kier alpha value is 0.01000. The highest BCUT2D eigenvalue weighted by Gasteiger charge is 2.35. The van der Waals surface area contributed by atoms with Crippen molar-refractivity contribution in [3.63, 3.8) is 0 Å². The lowest BCUT2D eigenvalue weighted by Gasteiger charge is -2.30. The zero-order chi connectivity index (χ0) is 10.9. The number of rotatable bonds is 2. The van der Waals surface area contributed by atoms with E-state index < -0.39 is 5.60 Å². The second kappa shape index (κ2) is 4.48. The van der Waals surface area contributed by atoms with E-state index in [0.717, 1.165) is 22.2 Å². The van der Waals surface area contributed by atoms with Crippen molar-refractivity contribution in [2.75, 3.05) is 11.5 Å². The van der Waals surface area contributed by atoms with Crippen LogP contribution in [0, 0.1) is 5.92 Å². The molecule has 1 aliphatic rings. The molecule has 1 N–H and O–H groups in total. The van der Waals surface area contributed by atoms with Crippen LogP contribution in [0.15, 0.2) is 28.7 Å². The molecule has 3 heteroatoms. The summed E-state index contributed by atoms with van der Waals surface area (Å²) in [4.78, 5) is 0. The molecule has 0 saturated carbocycles. The molecule has 1 saturated heterocycles. The number of aliphatic hydroxyl groups is 1. The summed E-state index contributed by atoms with van der Waals surface area (Å²) in [6, 6.07) is 8.00. The number of hydrogen-bond donors (Lipinski definition) is 1. The molecule has 1 fully saturated rings. The molecule has 0 spiro atoms. The Balaban J connectivity index is 2.27. The molecule has 0 aromatic heterocycles. The first-order chi connectivity index (χ1) is 7.10. The Kier molecular flexibility index (Phi) is 3.43. The van der Waals surface area contributed by atoms with Crippen molar-refractivity contribution in [2.45, 2.75) is 18.9 Å². The fourth-order valence-electron chi connectivity index (χ4n) is 2.02. The first-order valence-electron chi connectivity index (χ1n) is 5.17. The van der Waals surface area contributed by atoms with Crippen molar-refractivity contribution in [2.24, 2.45) is 5.92 Å². The summed E-state index contributed by atoms with van der Waals surface area (Å²) in [5, 5.41) is 10.6. The van der Waals surface area contributed by atoms with E-state index in [0.29, 0.717) is 5.92 Å². The summed E-state index contributed by atoms with van der Waals surface area (Å²) in [5.41, 5.74) is 0.331. The molecule has 1 aromatic carbocycles. The molecule has 2 atom stereocenters. The quantitative estimate of drug-likeness (QED) is 0.899. The van der Waals surface area contributed by atoms with E-state index >= 15 is 0 Å². The lowest BCUT2D eigenvalue weighted by molar-refractivity contribution is 0.00469. The van der Waals surface area contributed by atoms with E-state index in [1.54, 1.807) is 0 Å². The van der Waals surface area contributed by atoms with Crippen LogP contribution < -0.4 is 0 Å². The number of hydrogen-bond acceptors (Lipinski definition) is 2. The highest BCUT2D eigenvalue weighted by Crippen LogP contribution is 2.39. The highest BCUT2D eigenvalue weighted by molar-refractivity contribution is 9.10. The fourth-order valence-corrected chi connectivity index (χ4v) is 3.81. The third kappa shape index (κ3) is 2.40. The Bertz CT molecular complexity index is 345. The van der Waals surface area contributed by atoms with Crippen molar-refractivity contribution < 1.29 is 5.11 Å². The minimum Gasteiger partial charge on any atom is -0.385 e. The second-order valence-corrected chi connectivity index (χ2v) is 6.28. The van der Waals surface area contributed by atoms with Gasteiger partial charge in [0.2, 0.25) is 0 Å². The van der Waals surface area contributed by atoms with Gasteiger partial charge < -0.3 is 5.11 Å². The summed E-state index contributed by atoms with van der Waals surface area (Å²) < 4.78 is 1.03. The van der Waals surface area contributed by atoms with Crippen molar-refractivity contribution in [1.29, 1.82) is 0 Å². The summed E-state index contributed by atoms with van der Waals surface area (Å²) in [7, 11) is 0. The molecular formula is C12H15BrOS. The monoisotopic (exact) mass is 286 g/mol. The molecule has 1 nitrogen and oxygen atoms in total. The van der Waals surface area contributed by atoms with Crippen molar-refractivity contribution in [3.05, 3.63) is 34.3 Å². The molecular weight excluding hydrogens is 272 g/mol. The SMILES string of the molecule is CC(O)(c1cccc(Br)c1)C1CCSC1. The van der Waals surface area contributed by atoms with E-state index in [1.807, 2.05) is 43.0 Å². The molecule has 82 valence electrons. The summed E-state index contributed by atoms with van der Waals surface area (Å²) in [5.74, 6) is 2.63. The van der Waals surface area contributed by atoms with Crippen LogP contribution in [0.1, 0.15) is 18.9 Å². The molecule has 0 radical (unpaired) electrons. The molecule has 0 bridgehead atoms. The Morgan fingerprint density at radius 1 is 1.53 bits per heavy atom. The Labute approximate surface area is 103 Å². The predicted octanol–water partition coefficient (Wildman–Crippen LogP) is 3.41.